The monoisotopic (exact) mass is 323 g/mol. The lowest BCUT2D eigenvalue weighted by molar-refractivity contribution is -0.163. The molecule has 23 heavy (non-hydrogen) atoms. The zero-order valence-electron chi connectivity index (χ0n) is 13.2. The fourth-order valence-corrected chi connectivity index (χ4v) is 4.08. The lowest BCUT2D eigenvalue weighted by Crippen LogP contribution is -2.64. The first-order valence-corrected chi connectivity index (χ1v) is 7.78. The molecule has 0 spiro atoms. The van der Waals surface area contributed by atoms with Gasteiger partial charge < -0.3 is 25.3 Å². The number of aliphatic carboxylic acids is 1. The molecule has 3 N–H and O–H groups in total. The minimum absolute atomic E-state index is 0.00357. The number of rotatable bonds is 4. The molecular formula is C15H21N3O5. The van der Waals surface area contributed by atoms with Gasteiger partial charge in [0.1, 0.15) is 5.70 Å². The van der Waals surface area contributed by atoms with Crippen molar-refractivity contribution in [2.45, 2.75) is 25.5 Å². The van der Waals surface area contributed by atoms with E-state index in [2.05, 4.69) is 5.32 Å². The van der Waals surface area contributed by atoms with E-state index in [1.807, 2.05) is 0 Å². The van der Waals surface area contributed by atoms with Crippen molar-refractivity contribution in [1.82, 2.24) is 15.1 Å². The second kappa shape index (κ2) is 5.61. The maximum atomic E-state index is 12.2. The molecule has 0 aliphatic carbocycles. The van der Waals surface area contributed by atoms with Gasteiger partial charge in [-0.25, -0.2) is 4.79 Å². The number of hydrogen-bond acceptors (Lipinski definition) is 5. The van der Waals surface area contributed by atoms with Crippen molar-refractivity contribution < 1.29 is 24.6 Å². The van der Waals surface area contributed by atoms with Gasteiger partial charge in [-0.05, 0) is 26.0 Å². The normalized spacial score (nSPS) is 30.7. The number of hydrogen-bond donors (Lipinski definition) is 3. The highest BCUT2D eigenvalue weighted by Gasteiger charge is 2.61. The number of nitrogens with zero attached hydrogens (tertiary/aromatic N) is 2. The molecule has 2 fully saturated rings. The molecule has 0 unspecified atom stereocenters. The average molecular weight is 323 g/mol. The Morgan fingerprint density at radius 1 is 1.43 bits per heavy atom. The molecule has 3 heterocycles. The first-order valence-electron chi connectivity index (χ1n) is 7.78. The van der Waals surface area contributed by atoms with Gasteiger partial charge in [-0.15, -0.1) is 0 Å². The predicted octanol–water partition coefficient (Wildman–Crippen LogP) is -1.39. The van der Waals surface area contributed by atoms with E-state index in [9.17, 15) is 24.6 Å². The van der Waals surface area contributed by atoms with E-state index in [4.69, 9.17) is 0 Å². The minimum Gasteiger partial charge on any atom is -0.477 e. The summed E-state index contributed by atoms with van der Waals surface area (Å²) in [7, 11) is 1.68. The van der Waals surface area contributed by atoms with Crippen LogP contribution in [0.3, 0.4) is 0 Å². The minimum atomic E-state index is -1.15. The van der Waals surface area contributed by atoms with Crippen LogP contribution in [0.1, 0.15) is 13.3 Å². The van der Waals surface area contributed by atoms with Crippen LogP contribution in [0.5, 0.6) is 0 Å². The summed E-state index contributed by atoms with van der Waals surface area (Å²) in [6.45, 7) is 2.53. The maximum Gasteiger partial charge on any atom is 0.352 e. The van der Waals surface area contributed by atoms with Gasteiger partial charge in [0.05, 0.1) is 24.6 Å². The highest BCUT2D eigenvalue weighted by atomic mass is 16.4. The Bertz CT molecular complexity index is 600. The number of aliphatic hydroxyl groups is 1. The molecule has 2 saturated heterocycles. The van der Waals surface area contributed by atoms with Gasteiger partial charge in [-0.3, -0.25) is 9.59 Å². The number of amides is 2. The number of β-lactam (4-membered cyclic amide) rings is 1. The summed E-state index contributed by atoms with van der Waals surface area (Å²) in [5.74, 6) is -2.20. The summed E-state index contributed by atoms with van der Waals surface area (Å²) >= 11 is 0. The Hall–Kier alpha value is -1.93. The number of carbonyl (C=O) groups excluding carboxylic acids is 2. The number of aliphatic hydroxyl groups excluding tert-OH is 1. The van der Waals surface area contributed by atoms with E-state index < -0.39 is 18.0 Å². The van der Waals surface area contributed by atoms with Crippen LogP contribution in [0.15, 0.2) is 11.3 Å². The first kappa shape index (κ1) is 15.9. The zero-order valence-corrected chi connectivity index (χ0v) is 13.2. The van der Waals surface area contributed by atoms with Crippen LogP contribution in [-0.2, 0) is 14.4 Å². The molecule has 0 aromatic rings. The first-order chi connectivity index (χ1) is 10.9. The van der Waals surface area contributed by atoms with Gasteiger partial charge in [0.15, 0.2) is 0 Å². The summed E-state index contributed by atoms with van der Waals surface area (Å²) in [6, 6.07) is -0.287. The van der Waals surface area contributed by atoms with E-state index in [0.29, 0.717) is 18.5 Å². The van der Waals surface area contributed by atoms with Gasteiger partial charge in [-0.1, -0.05) is 0 Å². The molecule has 126 valence electrons. The van der Waals surface area contributed by atoms with E-state index >= 15 is 0 Å². The number of likely N-dealkylation sites (N-methyl/N-ethyl adjacent to an activating group) is 1. The van der Waals surface area contributed by atoms with Crippen molar-refractivity contribution in [1.29, 1.82) is 0 Å². The van der Waals surface area contributed by atoms with Crippen molar-refractivity contribution in [3.63, 3.8) is 0 Å². The van der Waals surface area contributed by atoms with Crippen LogP contribution in [0.4, 0.5) is 0 Å². The van der Waals surface area contributed by atoms with Crippen LogP contribution in [0.2, 0.25) is 0 Å². The smallest absolute Gasteiger partial charge is 0.352 e. The zero-order chi connectivity index (χ0) is 16.9. The van der Waals surface area contributed by atoms with Crippen LogP contribution in [-0.4, -0.2) is 76.6 Å². The molecule has 0 aromatic carbocycles. The van der Waals surface area contributed by atoms with Crippen molar-refractivity contribution in [2.24, 2.45) is 11.8 Å². The Kier molecular flexibility index (Phi) is 3.89. The van der Waals surface area contributed by atoms with Crippen molar-refractivity contribution in [3.8, 4) is 0 Å². The van der Waals surface area contributed by atoms with Gasteiger partial charge in [-0.2, -0.15) is 0 Å². The Morgan fingerprint density at radius 2 is 2.13 bits per heavy atom. The van der Waals surface area contributed by atoms with E-state index in [0.717, 1.165) is 0 Å². The van der Waals surface area contributed by atoms with Crippen molar-refractivity contribution >= 4 is 17.8 Å². The molecule has 0 bridgehead atoms. The van der Waals surface area contributed by atoms with Crippen LogP contribution in [0, 0.1) is 11.8 Å². The molecule has 8 nitrogen and oxygen atoms in total. The fraction of sp³-hybridized carbons (Fsp3) is 0.667. The average Bonchev–Trinajstić information content (AvgIpc) is 2.77. The molecule has 0 radical (unpaired) electrons. The Balaban J connectivity index is 1.90. The van der Waals surface area contributed by atoms with E-state index in [1.165, 1.54) is 4.90 Å². The number of likely N-dealkylation sites (tertiary alicyclic amines) is 1. The number of fused-ring (bicyclic) bond motifs is 3. The molecule has 0 aromatic heterocycles. The molecule has 2 amide bonds. The predicted molar refractivity (Wildman–Crippen MR) is 79.1 cm³/mol. The number of piperidine rings is 1. The van der Waals surface area contributed by atoms with Crippen LogP contribution >= 0.6 is 0 Å². The highest BCUT2D eigenvalue weighted by molar-refractivity contribution is 6.00. The summed E-state index contributed by atoms with van der Waals surface area (Å²) in [6.07, 6.45) is -0.193. The highest BCUT2D eigenvalue weighted by Crippen LogP contribution is 2.49. The van der Waals surface area contributed by atoms with Crippen molar-refractivity contribution in [3.05, 3.63) is 11.3 Å². The molecule has 4 atom stereocenters. The lowest BCUT2D eigenvalue weighted by atomic mass is 9.74. The van der Waals surface area contributed by atoms with Gasteiger partial charge in [0, 0.05) is 19.0 Å². The second-order valence-electron chi connectivity index (χ2n) is 6.39. The summed E-state index contributed by atoms with van der Waals surface area (Å²) in [5.41, 5.74) is 0.638. The van der Waals surface area contributed by atoms with Crippen LogP contribution in [0.25, 0.3) is 0 Å². The summed E-state index contributed by atoms with van der Waals surface area (Å²) in [5, 5.41) is 22.1. The topological polar surface area (TPSA) is 110 Å². The SMILES string of the molecule is CNCC(=O)N1CC[C@H]2C(=C(C(=O)O)N3C(=O)[C@H]([C@@H](C)O)[C@@H]23)C1. The van der Waals surface area contributed by atoms with Crippen molar-refractivity contribution in [2.75, 3.05) is 26.7 Å². The molecule has 3 aliphatic heterocycles. The molecule has 8 heteroatoms. The van der Waals surface area contributed by atoms with E-state index in [1.54, 1.807) is 18.9 Å². The van der Waals surface area contributed by atoms with Gasteiger partial charge in [0.2, 0.25) is 11.8 Å². The third-order valence-electron chi connectivity index (χ3n) is 5.07. The summed E-state index contributed by atoms with van der Waals surface area (Å²) in [4.78, 5) is 38.9. The molecule has 3 rings (SSSR count). The Morgan fingerprint density at radius 3 is 2.70 bits per heavy atom. The van der Waals surface area contributed by atoms with E-state index in [-0.39, 0.29) is 42.6 Å². The third-order valence-corrected chi connectivity index (χ3v) is 5.07. The summed E-state index contributed by atoms with van der Waals surface area (Å²) < 4.78 is 0. The standard InChI is InChI=1S/C15H21N3O5/c1-7(19)11-12-8-3-4-17(10(20)5-16-2)6-9(8)13(15(22)23)18(12)14(11)21/h7-8,11-12,16,19H,3-6H2,1-2H3,(H,22,23)/t7-,8+,11-,12-/m1/s1. The fourth-order valence-electron chi connectivity index (χ4n) is 4.08. The number of carboxylic acid groups (broad SMARTS) is 1. The number of carbonyl (C=O) groups is 3. The Labute approximate surface area is 133 Å². The molecular weight excluding hydrogens is 302 g/mol. The van der Waals surface area contributed by atoms with Gasteiger partial charge >= 0.3 is 5.97 Å². The third kappa shape index (κ3) is 2.24. The number of carboxylic acids is 1. The van der Waals surface area contributed by atoms with Gasteiger partial charge in [0.25, 0.3) is 0 Å². The van der Waals surface area contributed by atoms with Crippen LogP contribution < -0.4 is 5.32 Å². The quantitative estimate of drug-likeness (QED) is 0.550. The number of nitrogens with one attached hydrogen (secondary N) is 1. The molecule has 0 saturated carbocycles. The molecule has 3 aliphatic rings. The maximum absolute atomic E-state index is 12.2. The largest absolute Gasteiger partial charge is 0.477 e. The lowest BCUT2D eigenvalue weighted by Gasteiger charge is -2.47. The second-order valence-corrected chi connectivity index (χ2v) is 6.39.